The van der Waals surface area contributed by atoms with Crippen LogP contribution in [-0.4, -0.2) is 52.8 Å². The largest absolute Gasteiger partial charge is 0.344 e. The molecule has 142 valence electrons. The van der Waals surface area contributed by atoms with Gasteiger partial charge in [-0.2, -0.15) is 0 Å². The van der Waals surface area contributed by atoms with Crippen LogP contribution in [0.4, 0.5) is 0 Å². The molecular weight excluding hydrogens is 365 g/mol. The van der Waals surface area contributed by atoms with Crippen LogP contribution >= 0.6 is 24.8 Å². The van der Waals surface area contributed by atoms with Crippen LogP contribution in [0.1, 0.15) is 23.2 Å². The molecule has 0 unspecified atom stereocenters. The van der Waals surface area contributed by atoms with Crippen molar-refractivity contribution >= 4 is 41.8 Å². The van der Waals surface area contributed by atoms with Crippen LogP contribution in [-0.2, 0) is 18.3 Å². The van der Waals surface area contributed by atoms with E-state index in [4.69, 9.17) is 0 Å². The second-order valence-corrected chi connectivity index (χ2v) is 5.92. The number of likely N-dealkylation sites (N-methyl/N-ethyl adjacent to an activating group) is 2. The Labute approximate surface area is 160 Å². The van der Waals surface area contributed by atoms with Crippen LogP contribution in [0.15, 0.2) is 4.79 Å². The number of hydrogen-bond acceptors (Lipinski definition) is 4. The van der Waals surface area contributed by atoms with Gasteiger partial charge in [0.1, 0.15) is 0 Å². The van der Waals surface area contributed by atoms with Crippen molar-refractivity contribution in [2.75, 3.05) is 27.2 Å². The molecule has 2 aromatic heterocycles. The Bertz CT molecular complexity index is 785. The van der Waals surface area contributed by atoms with Gasteiger partial charge in [-0.05, 0) is 38.4 Å². The molecule has 0 spiro atoms. The van der Waals surface area contributed by atoms with Crippen LogP contribution in [0.5, 0.6) is 0 Å². The average Bonchev–Trinajstić information content (AvgIpc) is 2.78. The predicted octanol–water partition coefficient (Wildman–Crippen LogP) is 1.33. The van der Waals surface area contributed by atoms with E-state index < -0.39 is 0 Å². The topological polar surface area (TPSA) is 83.0 Å². The molecule has 0 saturated heterocycles. The van der Waals surface area contributed by atoms with Crippen LogP contribution in [0.25, 0.3) is 11.0 Å². The molecule has 2 heterocycles. The number of halogens is 2. The van der Waals surface area contributed by atoms with Crippen molar-refractivity contribution in [2.24, 2.45) is 7.05 Å². The summed E-state index contributed by atoms with van der Waals surface area (Å²) in [5.74, 6) is 0.0983. The zero-order valence-electron chi connectivity index (χ0n) is 15.3. The smallest absolute Gasteiger partial charge is 0.276 e. The second-order valence-electron chi connectivity index (χ2n) is 5.92. The number of H-pyrrole nitrogens is 1. The number of fused-ring (bicyclic) bond motifs is 1. The molecule has 1 amide bonds. The highest BCUT2D eigenvalue weighted by molar-refractivity contribution is 5.85. The lowest BCUT2D eigenvalue weighted by molar-refractivity contribution is -0.129. The summed E-state index contributed by atoms with van der Waals surface area (Å²) in [6.07, 6.45) is 1.01. The third-order valence-electron chi connectivity index (χ3n) is 4.28. The Kier molecular flexibility index (Phi) is 9.18. The zero-order chi connectivity index (χ0) is 17.1. The molecule has 7 nitrogen and oxygen atoms in total. The maximum Gasteiger partial charge on any atom is 0.276 e. The lowest BCUT2D eigenvalue weighted by Gasteiger charge is -2.17. The number of carbonyl (C=O) groups excluding carboxylic acids is 1. The quantitative estimate of drug-likeness (QED) is 0.777. The van der Waals surface area contributed by atoms with Crippen molar-refractivity contribution in [3.63, 3.8) is 0 Å². The first-order chi connectivity index (χ1) is 10.9. The van der Waals surface area contributed by atoms with Gasteiger partial charge < -0.3 is 10.2 Å². The summed E-state index contributed by atoms with van der Waals surface area (Å²) in [5.41, 5.74) is 3.30. The minimum absolute atomic E-state index is 0. The maximum absolute atomic E-state index is 12.2. The summed E-state index contributed by atoms with van der Waals surface area (Å²) in [6.45, 7) is 5.30. The Morgan fingerprint density at radius 3 is 2.56 bits per heavy atom. The standard InChI is InChI=1S/C16H25N5O2.2ClH/c1-10-12(6-7-13(22)20(4)9-8-17-3)11(2)18-15-14(10)16(23)21(5)19-15;;/h17H,6-9H2,1-5H3,(H,18,19);2*1H. The van der Waals surface area contributed by atoms with Crippen molar-refractivity contribution in [3.8, 4) is 0 Å². The minimum atomic E-state index is -0.0799. The molecule has 0 aliphatic rings. The number of hydrogen-bond donors (Lipinski definition) is 2. The first kappa shape index (κ1) is 23.4. The number of aryl methyl sites for hydroxylation is 3. The number of rotatable bonds is 6. The van der Waals surface area contributed by atoms with Gasteiger partial charge >= 0.3 is 0 Å². The molecule has 2 N–H and O–H groups in total. The Hall–Kier alpha value is -1.57. The number of aromatic amines is 1. The van der Waals surface area contributed by atoms with Crippen molar-refractivity contribution in [1.82, 2.24) is 25.0 Å². The monoisotopic (exact) mass is 391 g/mol. The molecule has 0 fully saturated rings. The fourth-order valence-electron chi connectivity index (χ4n) is 2.81. The third-order valence-corrected chi connectivity index (χ3v) is 4.28. The highest BCUT2D eigenvalue weighted by atomic mass is 35.5. The van der Waals surface area contributed by atoms with Crippen molar-refractivity contribution in [1.29, 1.82) is 0 Å². The zero-order valence-corrected chi connectivity index (χ0v) is 16.9. The highest BCUT2D eigenvalue weighted by Gasteiger charge is 2.16. The Morgan fingerprint density at radius 1 is 1.32 bits per heavy atom. The Balaban J connectivity index is 0.00000288. The van der Waals surface area contributed by atoms with Gasteiger partial charge in [-0.25, -0.2) is 4.98 Å². The molecule has 2 aromatic rings. The molecule has 0 bridgehead atoms. The SMILES string of the molecule is CNCCN(C)C(=O)CCc1c(C)nc2[nH]n(C)c(=O)c2c1C.Cl.Cl. The van der Waals surface area contributed by atoms with Crippen molar-refractivity contribution in [3.05, 3.63) is 27.2 Å². The van der Waals surface area contributed by atoms with E-state index in [0.29, 0.717) is 30.4 Å². The number of carbonyl (C=O) groups is 1. The van der Waals surface area contributed by atoms with E-state index in [1.807, 2.05) is 27.9 Å². The third kappa shape index (κ3) is 4.96. The van der Waals surface area contributed by atoms with Gasteiger partial charge in [-0.15, -0.1) is 24.8 Å². The van der Waals surface area contributed by atoms with Crippen LogP contribution in [0.3, 0.4) is 0 Å². The van der Waals surface area contributed by atoms with E-state index in [9.17, 15) is 9.59 Å². The molecule has 9 heteroatoms. The molecule has 0 aliphatic heterocycles. The number of aromatic nitrogens is 3. The fraction of sp³-hybridized carbons (Fsp3) is 0.562. The van der Waals surface area contributed by atoms with Crippen LogP contribution < -0.4 is 10.9 Å². The number of amides is 1. The summed E-state index contributed by atoms with van der Waals surface area (Å²) < 4.78 is 1.44. The summed E-state index contributed by atoms with van der Waals surface area (Å²) in [7, 11) is 5.35. The van der Waals surface area contributed by atoms with Gasteiger partial charge in [-0.3, -0.25) is 19.4 Å². The van der Waals surface area contributed by atoms with Gasteiger partial charge in [0.05, 0.1) is 5.39 Å². The molecule has 2 rings (SSSR count). The molecule has 0 radical (unpaired) electrons. The number of nitrogens with one attached hydrogen (secondary N) is 2. The number of nitrogens with zero attached hydrogens (tertiary/aromatic N) is 3. The number of pyridine rings is 1. The van der Waals surface area contributed by atoms with Gasteiger partial charge in [0.2, 0.25) is 5.91 Å². The lowest BCUT2D eigenvalue weighted by atomic mass is 10.00. The highest BCUT2D eigenvalue weighted by Crippen LogP contribution is 2.20. The maximum atomic E-state index is 12.2. The van der Waals surface area contributed by atoms with E-state index in [0.717, 1.165) is 23.4 Å². The van der Waals surface area contributed by atoms with Crippen molar-refractivity contribution in [2.45, 2.75) is 26.7 Å². The van der Waals surface area contributed by atoms with Crippen molar-refractivity contribution < 1.29 is 4.79 Å². The first-order valence-electron chi connectivity index (χ1n) is 7.80. The van der Waals surface area contributed by atoms with Crippen LogP contribution in [0, 0.1) is 13.8 Å². The molecular formula is C16H27Cl2N5O2. The normalized spacial score (nSPS) is 10.3. The molecule has 0 aliphatic carbocycles. The van der Waals surface area contributed by atoms with Crippen LogP contribution in [0.2, 0.25) is 0 Å². The molecule has 0 saturated carbocycles. The van der Waals surface area contributed by atoms with E-state index in [2.05, 4.69) is 15.4 Å². The van der Waals surface area contributed by atoms with E-state index in [1.165, 1.54) is 4.68 Å². The average molecular weight is 392 g/mol. The van der Waals surface area contributed by atoms with E-state index >= 15 is 0 Å². The van der Waals surface area contributed by atoms with Gasteiger partial charge in [0.25, 0.3) is 5.56 Å². The van der Waals surface area contributed by atoms with E-state index in [1.54, 1.807) is 11.9 Å². The molecule has 0 atom stereocenters. The molecule has 0 aromatic carbocycles. The summed E-state index contributed by atoms with van der Waals surface area (Å²) in [6, 6.07) is 0. The van der Waals surface area contributed by atoms with Gasteiger partial charge in [0.15, 0.2) is 5.65 Å². The lowest BCUT2D eigenvalue weighted by Crippen LogP contribution is -2.33. The minimum Gasteiger partial charge on any atom is -0.344 e. The van der Waals surface area contributed by atoms with Gasteiger partial charge in [0, 0.05) is 39.3 Å². The second kappa shape index (κ2) is 9.79. The fourth-order valence-corrected chi connectivity index (χ4v) is 2.81. The predicted molar refractivity (Wildman–Crippen MR) is 105 cm³/mol. The van der Waals surface area contributed by atoms with E-state index in [-0.39, 0.29) is 36.3 Å². The van der Waals surface area contributed by atoms with Gasteiger partial charge in [-0.1, -0.05) is 0 Å². The summed E-state index contributed by atoms with van der Waals surface area (Å²) in [4.78, 5) is 30.6. The molecule has 25 heavy (non-hydrogen) atoms. The first-order valence-corrected chi connectivity index (χ1v) is 7.80. The Morgan fingerprint density at radius 2 is 1.96 bits per heavy atom. The summed E-state index contributed by atoms with van der Waals surface area (Å²) >= 11 is 0. The summed E-state index contributed by atoms with van der Waals surface area (Å²) in [5, 5.41) is 6.60.